The van der Waals surface area contributed by atoms with E-state index in [4.69, 9.17) is 15.5 Å². The van der Waals surface area contributed by atoms with E-state index in [2.05, 4.69) is 31.3 Å². The van der Waals surface area contributed by atoms with Crippen LogP contribution in [0.5, 0.6) is 0 Å². The number of hydrogen-bond donors (Lipinski definition) is 5. The number of benzene rings is 2. The molecule has 0 spiro atoms. The minimum Gasteiger partial charge on any atom is -0.444 e. The predicted molar refractivity (Wildman–Crippen MR) is 199 cm³/mol. The maximum atomic E-state index is 14.5. The molecule has 3 amide bonds. The highest BCUT2D eigenvalue weighted by atomic mass is 16.6. The summed E-state index contributed by atoms with van der Waals surface area (Å²) in [7, 11) is 0. The molecule has 2 aromatic carbocycles. The van der Waals surface area contributed by atoms with Crippen LogP contribution in [0.25, 0.3) is 33.3 Å². The summed E-state index contributed by atoms with van der Waals surface area (Å²) in [6.45, 7) is 7.89. The van der Waals surface area contributed by atoms with E-state index in [0.717, 1.165) is 65.1 Å². The number of imidazole rings is 2. The Balaban J connectivity index is 1.11. The zero-order valence-corrected chi connectivity index (χ0v) is 30.0. The van der Waals surface area contributed by atoms with E-state index in [-0.39, 0.29) is 29.9 Å². The van der Waals surface area contributed by atoms with Gasteiger partial charge in [0.15, 0.2) is 5.65 Å². The summed E-state index contributed by atoms with van der Waals surface area (Å²) in [6.07, 6.45) is 4.68. The molecule has 3 aromatic heterocycles. The highest BCUT2D eigenvalue weighted by Gasteiger charge is 2.36. The quantitative estimate of drug-likeness (QED) is 0.122. The number of pyridine rings is 1. The van der Waals surface area contributed by atoms with Crippen molar-refractivity contribution in [3.8, 4) is 11.1 Å². The summed E-state index contributed by atoms with van der Waals surface area (Å²) >= 11 is 0. The van der Waals surface area contributed by atoms with Gasteiger partial charge in [-0.1, -0.05) is 24.3 Å². The van der Waals surface area contributed by atoms with Crippen LogP contribution < -0.4 is 21.6 Å². The minimum absolute atomic E-state index is 0.194. The molecule has 0 unspecified atom stereocenters. The van der Waals surface area contributed by atoms with Gasteiger partial charge in [0.2, 0.25) is 11.8 Å². The highest BCUT2D eigenvalue weighted by molar-refractivity contribution is 6.02. The summed E-state index contributed by atoms with van der Waals surface area (Å²) in [6, 6.07) is 14.2. The van der Waals surface area contributed by atoms with Gasteiger partial charge in [-0.25, -0.2) is 19.6 Å². The third-order valence-electron chi connectivity index (χ3n) is 10.1. The largest absolute Gasteiger partial charge is 0.444 e. The third-order valence-corrected chi connectivity index (χ3v) is 10.1. The van der Waals surface area contributed by atoms with Crippen LogP contribution in [0, 0.1) is 18.8 Å². The monoisotopic (exact) mass is 706 g/mol. The molecule has 2 saturated carbocycles. The lowest BCUT2D eigenvalue weighted by Gasteiger charge is -2.36. The van der Waals surface area contributed by atoms with Crippen molar-refractivity contribution in [2.75, 3.05) is 11.4 Å². The van der Waals surface area contributed by atoms with Gasteiger partial charge in [0.05, 0.1) is 16.6 Å². The molecule has 0 aliphatic heterocycles. The van der Waals surface area contributed by atoms with Crippen molar-refractivity contribution in [3.05, 3.63) is 76.1 Å². The molecule has 1 atom stereocenters. The van der Waals surface area contributed by atoms with Crippen molar-refractivity contribution < 1.29 is 19.1 Å². The lowest BCUT2D eigenvalue weighted by molar-refractivity contribution is -0.127. The van der Waals surface area contributed by atoms with Gasteiger partial charge < -0.3 is 30.7 Å². The molecule has 13 nitrogen and oxygen atoms in total. The Morgan fingerprint density at radius 1 is 0.923 bits per heavy atom. The zero-order chi connectivity index (χ0) is 36.7. The van der Waals surface area contributed by atoms with Crippen LogP contribution in [0.1, 0.15) is 82.3 Å². The second-order valence-electron chi connectivity index (χ2n) is 15.3. The lowest BCUT2D eigenvalue weighted by atomic mass is 9.81. The second kappa shape index (κ2) is 13.9. The summed E-state index contributed by atoms with van der Waals surface area (Å²) in [5, 5.41) is 2.86. The Kier molecular flexibility index (Phi) is 9.36. The number of aryl methyl sites for hydroxylation is 1. The summed E-state index contributed by atoms with van der Waals surface area (Å²) in [4.78, 5) is 71.9. The van der Waals surface area contributed by atoms with E-state index in [1.165, 1.54) is 4.90 Å². The Labute approximate surface area is 301 Å². The summed E-state index contributed by atoms with van der Waals surface area (Å²) < 4.78 is 5.37. The molecular weight excluding hydrogens is 660 g/mol. The van der Waals surface area contributed by atoms with Gasteiger partial charge in [0.1, 0.15) is 17.5 Å². The van der Waals surface area contributed by atoms with Crippen LogP contribution in [-0.2, 0) is 20.7 Å². The zero-order valence-electron chi connectivity index (χ0n) is 30.0. The molecule has 2 fully saturated rings. The number of amides is 3. The smallest absolute Gasteiger partial charge is 0.407 e. The van der Waals surface area contributed by atoms with Gasteiger partial charge in [-0.15, -0.1) is 0 Å². The number of H-pyrrole nitrogens is 3. The number of ether oxygens (including phenoxy) is 1. The van der Waals surface area contributed by atoms with Crippen LogP contribution in [0.15, 0.2) is 53.3 Å². The molecule has 0 saturated heterocycles. The Morgan fingerprint density at radius 3 is 2.31 bits per heavy atom. The number of aromatic nitrogens is 5. The van der Waals surface area contributed by atoms with Crippen molar-refractivity contribution in [1.29, 1.82) is 0 Å². The van der Waals surface area contributed by atoms with E-state index in [1.54, 1.807) is 18.2 Å². The van der Waals surface area contributed by atoms with Gasteiger partial charge in [-0.05, 0) is 108 Å². The molecule has 52 heavy (non-hydrogen) atoms. The molecule has 0 radical (unpaired) electrons. The Bertz CT molecular complexity index is 2180. The van der Waals surface area contributed by atoms with E-state index in [9.17, 15) is 19.2 Å². The number of carbonyl (C=O) groups excluding carboxylic acids is 3. The first kappa shape index (κ1) is 35.0. The molecule has 3 heterocycles. The number of anilines is 1. The Morgan fingerprint density at radius 2 is 1.63 bits per heavy atom. The van der Waals surface area contributed by atoms with Gasteiger partial charge in [0.25, 0.3) is 0 Å². The number of aromatic amines is 3. The molecule has 5 aromatic rings. The van der Waals surface area contributed by atoms with Crippen molar-refractivity contribution in [2.24, 2.45) is 17.6 Å². The first-order valence-corrected chi connectivity index (χ1v) is 18.1. The molecule has 2 aliphatic rings. The topological polar surface area (TPSA) is 192 Å². The second-order valence-corrected chi connectivity index (χ2v) is 15.3. The van der Waals surface area contributed by atoms with Gasteiger partial charge in [-0.2, -0.15) is 0 Å². The third kappa shape index (κ3) is 7.73. The number of hydrogen-bond acceptors (Lipinski definition) is 7. The fourth-order valence-corrected chi connectivity index (χ4v) is 7.24. The molecule has 7 rings (SSSR count). The number of rotatable bonds is 10. The number of primary amides is 1. The van der Waals surface area contributed by atoms with E-state index in [1.807, 2.05) is 52.0 Å². The number of alkyl carbamates (subject to hydrolysis) is 1. The van der Waals surface area contributed by atoms with Crippen LogP contribution in [0.3, 0.4) is 0 Å². The maximum Gasteiger partial charge on any atom is 0.407 e. The number of nitrogens with zero attached hydrogens (tertiary/aromatic N) is 3. The van der Waals surface area contributed by atoms with Crippen molar-refractivity contribution >= 4 is 45.8 Å². The van der Waals surface area contributed by atoms with Gasteiger partial charge >= 0.3 is 11.8 Å². The first-order valence-electron chi connectivity index (χ1n) is 18.1. The normalized spacial score (nSPS) is 18.3. The average molecular weight is 707 g/mol. The van der Waals surface area contributed by atoms with E-state index >= 15 is 0 Å². The number of nitrogens with two attached hydrogens (primary N) is 1. The molecule has 6 N–H and O–H groups in total. The predicted octanol–water partition coefficient (Wildman–Crippen LogP) is 5.74. The van der Waals surface area contributed by atoms with E-state index in [0.29, 0.717) is 42.0 Å². The summed E-state index contributed by atoms with van der Waals surface area (Å²) in [5.74, 6) is 0.512. The molecule has 0 bridgehead atoms. The number of carbonyl (C=O) groups is 3. The van der Waals surface area contributed by atoms with Crippen molar-refractivity contribution in [1.82, 2.24) is 30.2 Å². The minimum atomic E-state index is -0.987. The molecule has 2 aliphatic carbocycles. The number of nitrogens with one attached hydrogen (secondary N) is 4. The van der Waals surface area contributed by atoms with E-state index < -0.39 is 23.6 Å². The fraction of sp³-hybridized carbons (Fsp3) is 0.436. The Hall–Kier alpha value is -5.46. The molecule has 272 valence electrons. The van der Waals surface area contributed by atoms with Gasteiger partial charge in [0, 0.05) is 41.7 Å². The lowest BCUT2D eigenvalue weighted by Crippen LogP contribution is -2.52. The first-order chi connectivity index (χ1) is 24.8. The van der Waals surface area contributed by atoms with Crippen LogP contribution >= 0.6 is 0 Å². The number of fused-ring (bicyclic) bond motifs is 2. The standard InChI is InChI=1S/C39H46N8O5/c1-21-28(19-31-35(42-21)46-34(43-31)25-13-14-25)24-9-5-22(6-10-24)17-32(33(40)48)47(27-15-16-29-30(18-27)45-37(50)44-29)36(49)26-11-7-23(8-12-26)20-41-38(51)52-39(2,3)4/h5-6,9-10,15-16,18-19,23,25-26,32H,7-8,11-14,17,20H2,1-4H3,(H2,40,48)(H,41,51)(H,42,43,46)(H2,44,45,50)/t23?,26?,32-/m0/s1. The van der Waals surface area contributed by atoms with Crippen LogP contribution in [0.4, 0.5) is 10.5 Å². The summed E-state index contributed by atoms with van der Waals surface area (Å²) in [5.41, 5.74) is 12.0. The van der Waals surface area contributed by atoms with Crippen molar-refractivity contribution in [2.45, 2.75) is 90.2 Å². The maximum absolute atomic E-state index is 14.5. The average Bonchev–Trinajstić information content (AvgIpc) is 3.76. The molecular formula is C39H46N8O5. The highest BCUT2D eigenvalue weighted by Crippen LogP contribution is 2.39. The SMILES string of the molecule is Cc1nc2nc(C3CC3)[nH]c2cc1-c1ccc(C[C@@H](C(N)=O)N(C(=O)C2CCC(CNC(=O)OC(C)(C)C)CC2)c2ccc3[nH]c(=O)[nH]c3c2)cc1. The molecule has 13 heteroatoms. The fourth-order valence-electron chi connectivity index (χ4n) is 7.24. The van der Waals surface area contributed by atoms with Crippen LogP contribution in [-0.4, -0.2) is 61.0 Å². The van der Waals surface area contributed by atoms with Crippen LogP contribution in [0.2, 0.25) is 0 Å². The van der Waals surface area contributed by atoms with Gasteiger partial charge in [-0.3, -0.25) is 14.5 Å². The van der Waals surface area contributed by atoms with Crippen molar-refractivity contribution in [3.63, 3.8) is 0 Å².